The Labute approximate surface area is 151 Å². The lowest BCUT2D eigenvalue weighted by molar-refractivity contribution is -0.145. The summed E-state index contributed by atoms with van der Waals surface area (Å²) in [7, 11) is 0. The van der Waals surface area contributed by atoms with Crippen LogP contribution >= 0.6 is 0 Å². The van der Waals surface area contributed by atoms with Gasteiger partial charge in [-0.05, 0) is 26.7 Å². The van der Waals surface area contributed by atoms with Gasteiger partial charge in [-0.1, -0.05) is 0 Å². The normalized spacial score (nSPS) is 14.2. The van der Waals surface area contributed by atoms with Gasteiger partial charge in [0.1, 0.15) is 18.3 Å². The fourth-order valence-electron chi connectivity index (χ4n) is 1.98. The number of esters is 1. The van der Waals surface area contributed by atoms with Crippen LogP contribution in [0.2, 0.25) is 0 Å². The number of guanidine groups is 1. The summed E-state index contributed by atoms with van der Waals surface area (Å²) in [4.78, 5) is 32.1. The average Bonchev–Trinajstić information content (AvgIpc) is 3.06. The lowest BCUT2D eigenvalue weighted by atomic mass is 10.1. The van der Waals surface area contributed by atoms with Crippen LogP contribution in [0, 0.1) is 0 Å². The Hall–Kier alpha value is -2.66. The maximum Gasteiger partial charge on any atom is 0.328 e. The molecule has 3 unspecified atom stereocenters. The second-order valence-electron chi connectivity index (χ2n) is 5.56. The second kappa shape index (κ2) is 10.4. The first-order chi connectivity index (χ1) is 12.3. The van der Waals surface area contributed by atoms with Crippen LogP contribution in [0.3, 0.4) is 0 Å². The molecule has 0 fully saturated rings. The van der Waals surface area contributed by atoms with E-state index in [-0.39, 0.29) is 30.6 Å². The van der Waals surface area contributed by atoms with E-state index in [1.807, 2.05) is 0 Å². The topological polar surface area (TPSA) is 192 Å². The average molecular weight is 370 g/mol. The van der Waals surface area contributed by atoms with Crippen LogP contribution in [0.4, 0.5) is 0 Å². The highest BCUT2D eigenvalue weighted by Crippen LogP contribution is 2.14. The van der Waals surface area contributed by atoms with E-state index < -0.39 is 30.1 Å². The van der Waals surface area contributed by atoms with Crippen molar-refractivity contribution in [1.29, 1.82) is 0 Å². The summed E-state index contributed by atoms with van der Waals surface area (Å²) in [6.45, 7) is 3.63. The molecule has 3 atom stereocenters. The Balaban J connectivity index is 2.74. The van der Waals surface area contributed by atoms with E-state index in [2.05, 4.69) is 15.3 Å². The second-order valence-corrected chi connectivity index (χ2v) is 5.56. The molecule has 8 N–H and O–H groups in total. The molecule has 0 aliphatic carbocycles. The largest absolute Gasteiger partial charge is 0.464 e. The van der Waals surface area contributed by atoms with Gasteiger partial charge in [-0.3, -0.25) is 9.79 Å². The van der Waals surface area contributed by atoms with Gasteiger partial charge in [-0.2, -0.15) is 0 Å². The summed E-state index contributed by atoms with van der Waals surface area (Å²) in [5, 5.41) is 12.0. The highest BCUT2D eigenvalue weighted by atomic mass is 16.5. The SMILES string of the molecule is CCOC(=O)C(CCCN=C(N)N)NC(=O)c1coc(C(N)C(C)O)n1. The summed E-state index contributed by atoms with van der Waals surface area (Å²) in [6, 6.07) is -1.75. The van der Waals surface area contributed by atoms with Crippen LogP contribution in [0.5, 0.6) is 0 Å². The molecule has 26 heavy (non-hydrogen) atoms. The first kappa shape index (κ1) is 21.4. The molecule has 0 saturated carbocycles. The van der Waals surface area contributed by atoms with Crippen LogP contribution < -0.4 is 22.5 Å². The molecule has 0 aliphatic rings. The van der Waals surface area contributed by atoms with Gasteiger partial charge in [0.25, 0.3) is 5.91 Å². The van der Waals surface area contributed by atoms with Crippen molar-refractivity contribution in [2.45, 2.75) is 44.9 Å². The third-order valence-corrected chi connectivity index (χ3v) is 3.38. The fourth-order valence-corrected chi connectivity index (χ4v) is 1.98. The highest BCUT2D eigenvalue weighted by molar-refractivity contribution is 5.94. The number of aliphatic hydroxyl groups excluding tert-OH is 1. The number of nitrogens with zero attached hydrogens (tertiary/aromatic N) is 2. The number of aromatic nitrogens is 1. The molecular formula is C15H26N6O5. The number of ether oxygens (including phenoxy) is 1. The lowest BCUT2D eigenvalue weighted by Gasteiger charge is -2.16. The van der Waals surface area contributed by atoms with Crippen LogP contribution in [0.1, 0.15) is 49.1 Å². The summed E-state index contributed by atoms with van der Waals surface area (Å²) < 4.78 is 10.1. The van der Waals surface area contributed by atoms with Crippen molar-refractivity contribution < 1.29 is 23.8 Å². The van der Waals surface area contributed by atoms with Gasteiger partial charge in [-0.15, -0.1) is 0 Å². The summed E-state index contributed by atoms with van der Waals surface area (Å²) in [5.74, 6) is -1.23. The van der Waals surface area contributed by atoms with E-state index in [0.29, 0.717) is 13.0 Å². The van der Waals surface area contributed by atoms with Gasteiger partial charge >= 0.3 is 5.97 Å². The third-order valence-electron chi connectivity index (χ3n) is 3.38. The molecular weight excluding hydrogens is 344 g/mol. The van der Waals surface area contributed by atoms with E-state index in [9.17, 15) is 14.7 Å². The number of nitrogens with two attached hydrogens (primary N) is 3. The van der Waals surface area contributed by atoms with E-state index in [1.165, 1.54) is 6.92 Å². The first-order valence-electron chi connectivity index (χ1n) is 8.18. The predicted octanol–water partition coefficient (Wildman–Crippen LogP) is -1.23. The fraction of sp³-hybridized carbons (Fsp3) is 0.600. The van der Waals surface area contributed by atoms with Gasteiger partial charge in [0, 0.05) is 6.54 Å². The Morgan fingerprint density at radius 3 is 2.73 bits per heavy atom. The molecule has 1 amide bonds. The van der Waals surface area contributed by atoms with Crippen LogP contribution in [0.15, 0.2) is 15.7 Å². The minimum absolute atomic E-state index is 0.0191. The number of amides is 1. The van der Waals surface area contributed by atoms with E-state index in [4.69, 9.17) is 26.4 Å². The summed E-state index contributed by atoms with van der Waals surface area (Å²) in [5.41, 5.74) is 16.1. The van der Waals surface area contributed by atoms with E-state index in [1.54, 1.807) is 6.92 Å². The standard InChI is InChI=1S/C15H26N6O5/c1-3-25-14(24)9(5-4-6-19-15(17)18)20-12(23)10-7-26-13(21-10)11(16)8(2)22/h7-9,11,22H,3-6,16H2,1-2H3,(H,20,23)(H4,17,18,19). The maximum atomic E-state index is 12.3. The molecule has 1 aromatic rings. The van der Waals surface area contributed by atoms with Crippen molar-refractivity contribution >= 4 is 17.8 Å². The van der Waals surface area contributed by atoms with Crippen molar-refractivity contribution in [3.05, 3.63) is 17.8 Å². The van der Waals surface area contributed by atoms with Gasteiger partial charge in [0.2, 0.25) is 5.89 Å². The molecule has 0 radical (unpaired) electrons. The van der Waals surface area contributed by atoms with Crippen LogP contribution in [-0.2, 0) is 9.53 Å². The van der Waals surface area contributed by atoms with Crippen molar-refractivity contribution in [2.24, 2.45) is 22.2 Å². The molecule has 1 heterocycles. The Morgan fingerprint density at radius 2 is 2.15 bits per heavy atom. The van der Waals surface area contributed by atoms with E-state index >= 15 is 0 Å². The van der Waals surface area contributed by atoms with Crippen molar-refractivity contribution in [2.75, 3.05) is 13.2 Å². The molecule has 1 aromatic heterocycles. The number of rotatable bonds is 10. The van der Waals surface area contributed by atoms with Gasteiger partial charge in [0.05, 0.1) is 12.7 Å². The Kier molecular flexibility index (Phi) is 8.52. The number of hydrogen-bond donors (Lipinski definition) is 5. The predicted molar refractivity (Wildman–Crippen MR) is 92.9 cm³/mol. The quantitative estimate of drug-likeness (QED) is 0.145. The van der Waals surface area contributed by atoms with Crippen molar-refractivity contribution in [3.8, 4) is 0 Å². The number of aliphatic imine (C=N–C) groups is 1. The smallest absolute Gasteiger partial charge is 0.328 e. The zero-order valence-corrected chi connectivity index (χ0v) is 14.8. The van der Waals surface area contributed by atoms with Gasteiger partial charge in [-0.25, -0.2) is 9.78 Å². The van der Waals surface area contributed by atoms with Crippen molar-refractivity contribution in [3.63, 3.8) is 0 Å². The molecule has 146 valence electrons. The number of carbonyl (C=O) groups is 2. The third kappa shape index (κ3) is 6.69. The maximum absolute atomic E-state index is 12.3. The number of nitrogens with one attached hydrogen (secondary N) is 1. The number of oxazole rings is 1. The molecule has 11 nitrogen and oxygen atoms in total. The first-order valence-corrected chi connectivity index (χ1v) is 8.18. The number of carbonyl (C=O) groups excluding carboxylic acids is 2. The molecule has 0 bridgehead atoms. The summed E-state index contributed by atoms with van der Waals surface area (Å²) in [6.07, 6.45) is 0.944. The molecule has 0 aliphatic heterocycles. The van der Waals surface area contributed by atoms with Crippen molar-refractivity contribution in [1.82, 2.24) is 10.3 Å². The van der Waals surface area contributed by atoms with Gasteiger partial charge < -0.3 is 36.8 Å². The zero-order chi connectivity index (χ0) is 19.7. The van der Waals surface area contributed by atoms with Gasteiger partial charge in [0.15, 0.2) is 11.7 Å². The van der Waals surface area contributed by atoms with E-state index in [0.717, 1.165) is 6.26 Å². The zero-order valence-electron chi connectivity index (χ0n) is 14.8. The molecule has 0 saturated heterocycles. The minimum Gasteiger partial charge on any atom is -0.464 e. The highest BCUT2D eigenvalue weighted by Gasteiger charge is 2.25. The molecule has 0 spiro atoms. The lowest BCUT2D eigenvalue weighted by Crippen LogP contribution is -2.42. The Bertz CT molecular complexity index is 626. The molecule has 11 heteroatoms. The van der Waals surface area contributed by atoms with Crippen LogP contribution in [-0.4, -0.2) is 53.2 Å². The summed E-state index contributed by atoms with van der Waals surface area (Å²) >= 11 is 0. The van der Waals surface area contributed by atoms with Crippen LogP contribution in [0.25, 0.3) is 0 Å². The number of hydrogen-bond acceptors (Lipinski definition) is 8. The minimum atomic E-state index is -0.896. The molecule has 1 rings (SSSR count). The number of aliphatic hydroxyl groups is 1. The Morgan fingerprint density at radius 1 is 1.46 bits per heavy atom. The molecule has 0 aromatic carbocycles. The monoisotopic (exact) mass is 370 g/mol.